The van der Waals surface area contributed by atoms with Crippen molar-refractivity contribution in [2.75, 3.05) is 38.1 Å². The molecule has 4 nitrogen and oxygen atoms in total. The summed E-state index contributed by atoms with van der Waals surface area (Å²) in [6, 6.07) is 1.50. The SMILES string of the molecule is CN1Cc2cc(C(F)(F)F)cnc2N2CCNC[C@@H]2C1. The van der Waals surface area contributed by atoms with E-state index >= 15 is 0 Å². The number of alkyl halides is 3. The summed E-state index contributed by atoms with van der Waals surface area (Å²) < 4.78 is 38.4. The van der Waals surface area contributed by atoms with Crippen molar-refractivity contribution in [3.05, 3.63) is 23.4 Å². The molecule has 1 aromatic heterocycles. The van der Waals surface area contributed by atoms with Crippen molar-refractivity contribution in [3.63, 3.8) is 0 Å². The third-order valence-electron chi connectivity index (χ3n) is 3.86. The van der Waals surface area contributed by atoms with Crippen LogP contribution in [-0.2, 0) is 12.7 Å². The zero-order valence-electron chi connectivity index (χ0n) is 11.2. The fraction of sp³-hybridized carbons (Fsp3) is 0.615. The molecule has 0 spiro atoms. The van der Waals surface area contributed by atoms with E-state index < -0.39 is 11.7 Å². The summed E-state index contributed by atoms with van der Waals surface area (Å²) in [7, 11) is 1.93. The van der Waals surface area contributed by atoms with Crippen molar-refractivity contribution >= 4 is 5.82 Å². The molecule has 2 aliphatic rings. The Kier molecular flexibility index (Phi) is 3.33. The van der Waals surface area contributed by atoms with Crippen LogP contribution in [0.1, 0.15) is 11.1 Å². The highest BCUT2D eigenvalue weighted by Crippen LogP contribution is 2.33. The van der Waals surface area contributed by atoms with E-state index in [1.165, 1.54) is 6.07 Å². The minimum absolute atomic E-state index is 0.263. The molecule has 1 atom stereocenters. The number of anilines is 1. The number of hydrogen-bond acceptors (Lipinski definition) is 4. The van der Waals surface area contributed by atoms with E-state index in [0.29, 0.717) is 17.9 Å². The molecule has 7 heteroatoms. The minimum Gasteiger partial charge on any atom is -0.350 e. The van der Waals surface area contributed by atoms with Gasteiger partial charge in [-0.05, 0) is 13.1 Å². The number of nitrogens with one attached hydrogen (secondary N) is 1. The van der Waals surface area contributed by atoms with E-state index in [2.05, 4.69) is 20.1 Å². The van der Waals surface area contributed by atoms with Gasteiger partial charge in [0.1, 0.15) is 5.82 Å². The molecule has 20 heavy (non-hydrogen) atoms. The van der Waals surface area contributed by atoms with Crippen LogP contribution in [0.5, 0.6) is 0 Å². The zero-order chi connectivity index (χ0) is 14.3. The van der Waals surface area contributed by atoms with Crippen LogP contribution >= 0.6 is 0 Å². The Balaban J connectivity index is 2.02. The molecule has 0 unspecified atom stereocenters. The van der Waals surface area contributed by atoms with Crippen molar-refractivity contribution in [2.24, 2.45) is 0 Å². The number of piperazine rings is 1. The van der Waals surface area contributed by atoms with Crippen LogP contribution in [0, 0.1) is 0 Å². The van der Waals surface area contributed by atoms with Crippen LogP contribution in [0.4, 0.5) is 19.0 Å². The molecule has 3 heterocycles. The van der Waals surface area contributed by atoms with Gasteiger partial charge in [-0.15, -0.1) is 0 Å². The van der Waals surface area contributed by atoms with Crippen LogP contribution in [0.3, 0.4) is 0 Å². The fourth-order valence-corrected chi connectivity index (χ4v) is 2.95. The molecule has 0 aromatic carbocycles. The Labute approximate surface area is 115 Å². The molecular formula is C13H17F3N4. The van der Waals surface area contributed by atoms with E-state index in [0.717, 1.165) is 32.4 Å². The van der Waals surface area contributed by atoms with Crippen molar-refractivity contribution in [3.8, 4) is 0 Å². The van der Waals surface area contributed by atoms with Gasteiger partial charge in [-0.2, -0.15) is 13.2 Å². The smallest absolute Gasteiger partial charge is 0.350 e. The van der Waals surface area contributed by atoms with E-state index in [-0.39, 0.29) is 6.04 Å². The summed E-state index contributed by atoms with van der Waals surface area (Å²) in [5.74, 6) is 0.703. The van der Waals surface area contributed by atoms with Gasteiger partial charge in [-0.1, -0.05) is 0 Å². The lowest BCUT2D eigenvalue weighted by atomic mass is 10.1. The summed E-state index contributed by atoms with van der Waals surface area (Å²) >= 11 is 0. The first-order chi connectivity index (χ1) is 9.45. The molecule has 2 aliphatic heterocycles. The average Bonchev–Trinajstić information content (AvgIpc) is 2.52. The molecule has 3 rings (SSSR count). The quantitative estimate of drug-likeness (QED) is 0.779. The standard InChI is InChI=1S/C13H17F3N4/c1-19-7-9-4-10(13(14,15)16)5-18-12(9)20-3-2-17-6-11(20)8-19/h4-5,11,17H,2-3,6-8H2,1H3/t11-/m1/s1. The van der Waals surface area contributed by atoms with Crippen LogP contribution < -0.4 is 10.2 Å². The average molecular weight is 286 g/mol. The van der Waals surface area contributed by atoms with E-state index in [9.17, 15) is 13.2 Å². The summed E-state index contributed by atoms with van der Waals surface area (Å²) in [6.07, 6.45) is -3.39. The van der Waals surface area contributed by atoms with Crippen molar-refractivity contribution in [2.45, 2.75) is 18.8 Å². The molecule has 0 bridgehead atoms. The summed E-state index contributed by atoms with van der Waals surface area (Å²) in [5, 5.41) is 3.32. The molecule has 1 N–H and O–H groups in total. The normalized spacial score (nSPS) is 24.0. The van der Waals surface area contributed by atoms with Gasteiger partial charge >= 0.3 is 6.18 Å². The number of fused-ring (bicyclic) bond motifs is 3. The van der Waals surface area contributed by atoms with Gasteiger partial charge in [-0.25, -0.2) is 4.98 Å². The Morgan fingerprint density at radius 2 is 2.20 bits per heavy atom. The summed E-state index contributed by atoms with van der Waals surface area (Å²) in [5.41, 5.74) is -0.00930. The van der Waals surface area contributed by atoms with E-state index in [1.54, 1.807) is 0 Å². The number of nitrogens with zero attached hydrogens (tertiary/aromatic N) is 3. The van der Waals surface area contributed by atoms with Gasteiger partial charge < -0.3 is 10.2 Å². The first kappa shape index (κ1) is 13.6. The lowest BCUT2D eigenvalue weighted by molar-refractivity contribution is -0.137. The van der Waals surface area contributed by atoms with Crippen molar-refractivity contribution < 1.29 is 13.2 Å². The Bertz CT molecular complexity index is 503. The van der Waals surface area contributed by atoms with Gasteiger partial charge in [-0.3, -0.25) is 4.90 Å². The largest absolute Gasteiger partial charge is 0.417 e. The zero-order valence-corrected chi connectivity index (χ0v) is 11.2. The lowest BCUT2D eigenvalue weighted by Gasteiger charge is -2.37. The van der Waals surface area contributed by atoms with E-state index in [4.69, 9.17) is 0 Å². The maximum Gasteiger partial charge on any atom is 0.417 e. The number of aromatic nitrogens is 1. The highest BCUT2D eigenvalue weighted by atomic mass is 19.4. The molecular weight excluding hydrogens is 269 g/mol. The molecule has 1 aromatic rings. The first-order valence-corrected chi connectivity index (χ1v) is 6.67. The second-order valence-corrected chi connectivity index (χ2v) is 5.45. The molecule has 0 saturated carbocycles. The van der Waals surface area contributed by atoms with Crippen molar-refractivity contribution in [1.29, 1.82) is 0 Å². The topological polar surface area (TPSA) is 31.4 Å². The first-order valence-electron chi connectivity index (χ1n) is 6.67. The molecule has 1 fully saturated rings. The van der Waals surface area contributed by atoms with Gasteiger partial charge in [0.15, 0.2) is 0 Å². The highest BCUT2D eigenvalue weighted by Gasteiger charge is 2.34. The third-order valence-corrected chi connectivity index (χ3v) is 3.86. The number of halogens is 3. The molecule has 110 valence electrons. The molecule has 0 aliphatic carbocycles. The lowest BCUT2D eigenvalue weighted by Crippen LogP contribution is -2.54. The van der Waals surface area contributed by atoms with Crippen LogP contribution in [0.25, 0.3) is 0 Å². The monoisotopic (exact) mass is 286 g/mol. The Morgan fingerprint density at radius 3 is 2.95 bits per heavy atom. The van der Waals surface area contributed by atoms with Crippen molar-refractivity contribution in [1.82, 2.24) is 15.2 Å². The maximum atomic E-state index is 12.8. The molecule has 0 radical (unpaired) electrons. The Morgan fingerprint density at radius 1 is 1.40 bits per heavy atom. The van der Waals surface area contributed by atoms with Crippen LogP contribution in [-0.4, -0.2) is 49.2 Å². The van der Waals surface area contributed by atoms with Gasteiger partial charge in [0, 0.05) is 44.5 Å². The van der Waals surface area contributed by atoms with Gasteiger partial charge in [0.2, 0.25) is 0 Å². The second-order valence-electron chi connectivity index (χ2n) is 5.45. The van der Waals surface area contributed by atoms with Gasteiger partial charge in [0.05, 0.1) is 11.6 Å². The second kappa shape index (κ2) is 4.89. The van der Waals surface area contributed by atoms with Gasteiger partial charge in [0.25, 0.3) is 0 Å². The Hall–Kier alpha value is -1.34. The predicted octanol–water partition coefficient (Wildman–Crippen LogP) is 1.32. The van der Waals surface area contributed by atoms with Crippen LogP contribution in [0.2, 0.25) is 0 Å². The van der Waals surface area contributed by atoms with Crippen LogP contribution in [0.15, 0.2) is 12.3 Å². The number of pyridine rings is 1. The number of hydrogen-bond donors (Lipinski definition) is 1. The number of likely N-dealkylation sites (N-methyl/N-ethyl adjacent to an activating group) is 1. The summed E-state index contributed by atoms with van der Waals surface area (Å²) in [6.45, 7) is 3.78. The molecule has 0 amide bonds. The predicted molar refractivity (Wildman–Crippen MR) is 69.6 cm³/mol. The third kappa shape index (κ3) is 2.47. The maximum absolute atomic E-state index is 12.8. The van der Waals surface area contributed by atoms with E-state index in [1.807, 2.05) is 7.05 Å². The fourth-order valence-electron chi connectivity index (χ4n) is 2.95. The minimum atomic E-state index is -4.34. The number of rotatable bonds is 0. The highest BCUT2D eigenvalue weighted by molar-refractivity contribution is 5.51. The molecule has 1 saturated heterocycles. The summed E-state index contributed by atoms with van der Waals surface area (Å²) in [4.78, 5) is 8.30.